The molecule has 0 bridgehead atoms. The summed E-state index contributed by atoms with van der Waals surface area (Å²) < 4.78 is 13.0. The largest absolute Gasteiger partial charge is 0.454 e. The first-order valence-electron chi connectivity index (χ1n) is 7.76. The van der Waals surface area contributed by atoms with Crippen LogP contribution < -0.4 is 15.2 Å². The molecule has 2 N–H and O–H groups in total. The third-order valence-electron chi connectivity index (χ3n) is 4.35. The average Bonchev–Trinajstić information content (AvgIpc) is 3.18. The van der Waals surface area contributed by atoms with Gasteiger partial charge in [-0.05, 0) is 36.8 Å². The molecule has 1 atom stereocenters. The van der Waals surface area contributed by atoms with Crippen molar-refractivity contribution >= 4 is 5.65 Å². The SMILES string of the molecule is Cc1cccn2c(C(C)CN)c(-c3ccc4c(c3)OCO4)nc12. The Bertz CT molecular complexity index is 885. The molecule has 3 heterocycles. The van der Waals surface area contributed by atoms with E-state index in [1.807, 2.05) is 30.5 Å². The molecule has 1 aromatic carbocycles. The van der Waals surface area contributed by atoms with E-state index < -0.39 is 0 Å². The maximum absolute atomic E-state index is 5.94. The second-order valence-electron chi connectivity index (χ2n) is 5.94. The Morgan fingerprint density at radius 2 is 2.09 bits per heavy atom. The van der Waals surface area contributed by atoms with Gasteiger partial charge in [0.15, 0.2) is 11.5 Å². The molecule has 0 fully saturated rings. The van der Waals surface area contributed by atoms with Gasteiger partial charge in [0.05, 0.1) is 11.4 Å². The fourth-order valence-electron chi connectivity index (χ4n) is 3.06. The van der Waals surface area contributed by atoms with Crippen LogP contribution >= 0.6 is 0 Å². The fraction of sp³-hybridized carbons (Fsp3) is 0.278. The Morgan fingerprint density at radius 1 is 1.26 bits per heavy atom. The molecule has 1 aliphatic rings. The molecule has 5 nitrogen and oxygen atoms in total. The van der Waals surface area contributed by atoms with Crippen molar-refractivity contribution in [1.29, 1.82) is 0 Å². The molecule has 1 aliphatic heterocycles. The monoisotopic (exact) mass is 309 g/mol. The van der Waals surface area contributed by atoms with E-state index in [9.17, 15) is 0 Å². The van der Waals surface area contributed by atoms with Crippen molar-refractivity contribution in [1.82, 2.24) is 9.38 Å². The average molecular weight is 309 g/mol. The van der Waals surface area contributed by atoms with Gasteiger partial charge in [-0.15, -0.1) is 0 Å². The maximum atomic E-state index is 5.94. The minimum atomic E-state index is 0.201. The minimum absolute atomic E-state index is 0.201. The van der Waals surface area contributed by atoms with Crippen molar-refractivity contribution in [2.45, 2.75) is 19.8 Å². The van der Waals surface area contributed by atoms with Crippen LogP contribution in [0.25, 0.3) is 16.9 Å². The summed E-state index contributed by atoms with van der Waals surface area (Å²) in [5.41, 5.74) is 11.2. The number of nitrogens with zero attached hydrogens (tertiary/aromatic N) is 2. The van der Waals surface area contributed by atoms with Gasteiger partial charge >= 0.3 is 0 Å². The summed E-state index contributed by atoms with van der Waals surface area (Å²) in [4.78, 5) is 4.89. The van der Waals surface area contributed by atoms with Crippen molar-refractivity contribution in [2.75, 3.05) is 13.3 Å². The van der Waals surface area contributed by atoms with Crippen LogP contribution in [0.4, 0.5) is 0 Å². The number of pyridine rings is 1. The lowest BCUT2D eigenvalue weighted by molar-refractivity contribution is 0.174. The highest BCUT2D eigenvalue weighted by atomic mass is 16.7. The molecule has 0 saturated carbocycles. The molecular formula is C18H19N3O2. The van der Waals surface area contributed by atoms with Crippen LogP contribution in [0.1, 0.15) is 24.1 Å². The molecule has 0 amide bonds. The Labute approximate surface area is 134 Å². The van der Waals surface area contributed by atoms with Gasteiger partial charge in [-0.25, -0.2) is 4.98 Å². The molecule has 23 heavy (non-hydrogen) atoms. The molecule has 5 heteroatoms. The number of hydrogen-bond donors (Lipinski definition) is 1. The van der Waals surface area contributed by atoms with Crippen LogP contribution in [0.3, 0.4) is 0 Å². The molecular weight excluding hydrogens is 290 g/mol. The Hall–Kier alpha value is -2.53. The minimum Gasteiger partial charge on any atom is -0.454 e. The van der Waals surface area contributed by atoms with Gasteiger partial charge in [0.1, 0.15) is 5.65 Å². The van der Waals surface area contributed by atoms with Crippen LogP contribution in [0.15, 0.2) is 36.5 Å². The zero-order chi connectivity index (χ0) is 16.0. The van der Waals surface area contributed by atoms with Crippen molar-refractivity contribution in [3.8, 4) is 22.8 Å². The molecule has 0 radical (unpaired) electrons. The number of ether oxygens (including phenoxy) is 2. The summed E-state index contributed by atoms with van der Waals surface area (Å²) >= 11 is 0. The van der Waals surface area contributed by atoms with E-state index >= 15 is 0 Å². The number of imidazole rings is 1. The van der Waals surface area contributed by atoms with Gasteiger partial charge in [0.25, 0.3) is 0 Å². The summed E-state index contributed by atoms with van der Waals surface area (Å²) in [5.74, 6) is 1.75. The van der Waals surface area contributed by atoms with Crippen LogP contribution in [0.2, 0.25) is 0 Å². The van der Waals surface area contributed by atoms with Crippen LogP contribution in [0.5, 0.6) is 11.5 Å². The number of aromatic nitrogens is 2. The Balaban J connectivity index is 1.97. The molecule has 4 rings (SSSR count). The lowest BCUT2D eigenvalue weighted by Gasteiger charge is -2.12. The first kappa shape index (κ1) is 14.1. The van der Waals surface area contributed by atoms with Gasteiger partial charge in [-0.1, -0.05) is 13.0 Å². The van der Waals surface area contributed by atoms with Gasteiger partial charge in [-0.3, -0.25) is 0 Å². The number of nitrogens with two attached hydrogens (primary N) is 1. The summed E-state index contributed by atoms with van der Waals surface area (Å²) in [7, 11) is 0. The van der Waals surface area contributed by atoms with Crippen molar-refractivity contribution < 1.29 is 9.47 Å². The predicted octanol–water partition coefficient (Wildman–Crippen LogP) is 3.10. The van der Waals surface area contributed by atoms with Crippen LogP contribution in [-0.4, -0.2) is 22.7 Å². The summed E-state index contributed by atoms with van der Waals surface area (Å²) in [6, 6.07) is 10.1. The summed E-state index contributed by atoms with van der Waals surface area (Å²) in [6.45, 7) is 5.04. The van der Waals surface area contributed by atoms with Crippen molar-refractivity contribution in [3.05, 3.63) is 47.8 Å². The number of aryl methyl sites for hydroxylation is 1. The van der Waals surface area contributed by atoms with Crippen LogP contribution in [0, 0.1) is 6.92 Å². The zero-order valence-corrected chi connectivity index (χ0v) is 13.2. The van der Waals surface area contributed by atoms with Gasteiger partial charge in [-0.2, -0.15) is 0 Å². The smallest absolute Gasteiger partial charge is 0.231 e. The number of rotatable bonds is 3. The molecule has 0 saturated heterocycles. The normalized spacial score (nSPS) is 14.4. The van der Waals surface area contributed by atoms with E-state index in [-0.39, 0.29) is 12.7 Å². The molecule has 118 valence electrons. The second-order valence-corrected chi connectivity index (χ2v) is 5.94. The summed E-state index contributed by atoms with van der Waals surface area (Å²) in [6.07, 6.45) is 2.05. The van der Waals surface area contributed by atoms with Gasteiger partial charge < -0.3 is 19.6 Å². The zero-order valence-electron chi connectivity index (χ0n) is 13.2. The van der Waals surface area contributed by atoms with Crippen LogP contribution in [-0.2, 0) is 0 Å². The summed E-state index contributed by atoms with van der Waals surface area (Å²) in [5, 5.41) is 0. The standard InChI is InChI=1S/C18H19N3O2/c1-11-4-3-7-21-17(12(2)9-19)16(20-18(11)21)13-5-6-14-15(8-13)23-10-22-14/h3-8,12H,9-10,19H2,1-2H3. The van der Waals surface area contributed by atoms with E-state index in [1.54, 1.807) is 0 Å². The van der Waals surface area contributed by atoms with Crippen molar-refractivity contribution in [3.63, 3.8) is 0 Å². The fourth-order valence-corrected chi connectivity index (χ4v) is 3.06. The molecule has 3 aromatic rings. The topological polar surface area (TPSA) is 61.8 Å². The molecule has 2 aromatic heterocycles. The number of fused-ring (bicyclic) bond motifs is 2. The molecule has 0 aliphatic carbocycles. The van der Waals surface area contributed by atoms with Gasteiger partial charge in [0.2, 0.25) is 6.79 Å². The van der Waals surface area contributed by atoms with Crippen molar-refractivity contribution in [2.24, 2.45) is 5.73 Å². The maximum Gasteiger partial charge on any atom is 0.231 e. The first-order valence-corrected chi connectivity index (χ1v) is 7.76. The Morgan fingerprint density at radius 3 is 2.91 bits per heavy atom. The Kier molecular flexibility index (Phi) is 3.23. The third-order valence-corrected chi connectivity index (χ3v) is 4.35. The lowest BCUT2D eigenvalue weighted by atomic mass is 10.0. The lowest BCUT2D eigenvalue weighted by Crippen LogP contribution is -2.12. The van der Waals surface area contributed by atoms with Gasteiger partial charge in [0, 0.05) is 24.2 Å². The highest BCUT2D eigenvalue weighted by molar-refractivity contribution is 5.71. The second kappa shape index (κ2) is 5.28. The first-order chi connectivity index (χ1) is 11.2. The highest BCUT2D eigenvalue weighted by Gasteiger charge is 2.21. The van der Waals surface area contributed by atoms with E-state index in [4.69, 9.17) is 20.2 Å². The third kappa shape index (κ3) is 2.16. The highest BCUT2D eigenvalue weighted by Crippen LogP contribution is 2.38. The molecule has 1 unspecified atom stereocenters. The molecule has 0 spiro atoms. The number of hydrogen-bond acceptors (Lipinski definition) is 4. The predicted molar refractivity (Wildman–Crippen MR) is 89.0 cm³/mol. The van der Waals surface area contributed by atoms with E-state index in [0.717, 1.165) is 39.7 Å². The quantitative estimate of drug-likeness (QED) is 0.807. The number of benzene rings is 1. The van der Waals surface area contributed by atoms with E-state index in [2.05, 4.69) is 24.3 Å². The van der Waals surface area contributed by atoms with E-state index in [1.165, 1.54) is 0 Å². The van der Waals surface area contributed by atoms with E-state index in [0.29, 0.717) is 6.54 Å².